The van der Waals surface area contributed by atoms with Crippen molar-refractivity contribution in [2.75, 3.05) is 12.4 Å². The molecule has 1 amide bonds. The number of amides is 1. The van der Waals surface area contributed by atoms with E-state index in [1.54, 1.807) is 19.9 Å². The Balaban J connectivity index is 3.09. The van der Waals surface area contributed by atoms with Crippen LogP contribution in [0.25, 0.3) is 0 Å². The summed E-state index contributed by atoms with van der Waals surface area (Å²) in [6.07, 6.45) is 0.465. The molecule has 0 aliphatic rings. The van der Waals surface area contributed by atoms with Gasteiger partial charge in [0, 0.05) is 5.02 Å². The number of rotatable bonds is 4. The fourth-order valence-corrected chi connectivity index (χ4v) is 1.51. The Hall–Kier alpha value is -1.59. The average Bonchev–Trinajstić information content (AvgIpc) is 2.38. The minimum absolute atomic E-state index is 0.229. The van der Waals surface area contributed by atoms with Gasteiger partial charge in [-0.1, -0.05) is 18.5 Å². The summed E-state index contributed by atoms with van der Waals surface area (Å²) in [5.74, 6) is -0.940. The lowest BCUT2D eigenvalue weighted by atomic mass is 9.99. The maximum atomic E-state index is 12.0. The van der Waals surface area contributed by atoms with Crippen LogP contribution in [0.5, 0.6) is 0 Å². The summed E-state index contributed by atoms with van der Waals surface area (Å²) in [5.41, 5.74) is 5.34. The predicted octanol–water partition coefficient (Wildman–Crippen LogP) is 2.19. The van der Waals surface area contributed by atoms with E-state index >= 15 is 0 Å². The second kappa shape index (κ2) is 6.04. The molecule has 0 bridgehead atoms. The van der Waals surface area contributed by atoms with Gasteiger partial charge in [-0.15, -0.1) is 0 Å². The van der Waals surface area contributed by atoms with Crippen LogP contribution in [0.2, 0.25) is 5.02 Å². The number of carbonyl (C=O) groups is 2. The molecule has 0 aliphatic carbocycles. The molecule has 0 aromatic heterocycles. The standard InChI is InChI=1S/C13H17ClN2O3/c1-4-13(2,15)12(18)16-10-7-8(14)5-6-9(10)11(17)19-3/h5-7H,4,15H2,1-3H3,(H,16,18). The highest BCUT2D eigenvalue weighted by molar-refractivity contribution is 6.31. The van der Waals surface area contributed by atoms with E-state index in [4.69, 9.17) is 17.3 Å². The Morgan fingerprint density at radius 3 is 2.63 bits per heavy atom. The Bertz CT molecular complexity index is 501. The molecule has 104 valence electrons. The molecule has 0 saturated heterocycles. The van der Waals surface area contributed by atoms with Gasteiger partial charge in [-0.25, -0.2) is 4.79 Å². The number of methoxy groups -OCH3 is 1. The van der Waals surface area contributed by atoms with Crippen molar-refractivity contribution in [3.05, 3.63) is 28.8 Å². The maximum Gasteiger partial charge on any atom is 0.339 e. The first-order valence-corrected chi connectivity index (χ1v) is 6.17. The van der Waals surface area contributed by atoms with E-state index in [-0.39, 0.29) is 17.2 Å². The molecule has 1 atom stereocenters. The lowest BCUT2D eigenvalue weighted by molar-refractivity contribution is -0.120. The monoisotopic (exact) mass is 284 g/mol. The molecule has 1 unspecified atom stereocenters. The van der Waals surface area contributed by atoms with E-state index < -0.39 is 11.5 Å². The molecule has 0 fully saturated rings. The number of hydrogen-bond donors (Lipinski definition) is 2. The quantitative estimate of drug-likeness (QED) is 0.831. The van der Waals surface area contributed by atoms with E-state index in [1.807, 2.05) is 0 Å². The van der Waals surface area contributed by atoms with Gasteiger partial charge < -0.3 is 15.8 Å². The first-order chi connectivity index (χ1) is 8.81. The Kier molecular flexibility index (Phi) is 4.91. The van der Waals surface area contributed by atoms with E-state index in [0.29, 0.717) is 11.4 Å². The first-order valence-electron chi connectivity index (χ1n) is 5.80. The topological polar surface area (TPSA) is 81.4 Å². The second-order valence-corrected chi connectivity index (χ2v) is 4.84. The van der Waals surface area contributed by atoms with Gasteiger partial charge in [0.1, 0.15) is 0 Å². The molecule has 5 nitrogen and oxygen atoms in total. The number of nitrogens with one attached hydrogen (secondary N) is 1. The molecule has 6 heteroatoms. The summed E-state index contributed by atoms with van der Waals surface area (Å²) < 4.78 is 4.65. The van der Waals surface area contributed by atoms with Crippen LogP contribution in [0.15, 0.2) is 18.2 Å². The van der Waals surface area contributed by atoms with Gasteiger partial charge in [-0.3, -0.25) is 4.79 Å². The Morgan fingerprint density at radius 1 is 1.47 bits per heavy atom. The average molecular weight is 285 g/mol. The van der Waals surface area contributed by atoms with Gasteiger partial charge in [-0.2, -0.15) is 0 Å². The largest absolute Gasteiger partial charge is 0.465 e. The van der Waals surface area contributed by atoms with E-state index in [9.17, 15) is 9.59 Å². The normalized spacial score (nSPS) is 13.5. The third-order valence-electron chi connectivity index (χ3n) is 2.89. The van der Waals surface area contributed by atoms with Gasteiger partial charge >= 0.3 is 5.97 Å². The van der Waals surface area contributed by atoms with Gasteiger partial charge in [0.25, 0.3) is 0 Å². The molecule has 3 N–H and O–H groups in total. The Labute approximate surface area is 117 Å². The first kappa shape index (κ1) is 15.5. The summed E-state index contributed by atoms with van der Waals surface area (Å²) in [7, 11) is 1.27. The van der Waals surface area contributed by atoms with Crippen molar-refractivity contribution in [1.82, 2.24) is 0 Å². The molecule has 1 aromatic rings. The van der Waals surface area contributed by atoms with Crippen molar-refractivity contribution in [3.63, 3.8) is 0 Å². The van der Waals surface area contributed by atoms with Crippen molar-refractivity contribution < 1.29 is 14.3 Å². The number of esters is 1. The van der Waals surface area contributed by atoms with E-state index in [1.165, 1.54) is 19.2 Å². The van der Waals surface area contributed by atoms with Crippen molar-refractivity contribution in [2.24, 2.45) is 5.73 Å². The third-order valence-corrected chi connectivity index (χ3v) is 3.12. The molecule has 19 heavy (non-hydrogen) atoms. The predicted molar refractivity (Wildman–Crippen MR) is 74.3 cm³/mol. The summed E-state index contributed by atoms with van der Waals surface area (Å²) in [6.45, 7) is 3.42. The van der Waals surface area contributed by atoms with Crippen LogP contribution in [0, 0.1) is 0 Å². The maximum absolute atomic E-state index is 12.0. The highest BCUT2D eigenvalue weighted by Gasteiger charge is 2.27. The fraction of sp³-hybridized carbons (Fsp3) is 0.385. The Morgan fingerprint density at radius 2 is 2.11 bits per heavy atom. The number of hydrogen-bond acceptors (Lipinski definition) is 4. The minimum Gasteiger partial charge on any atom is -0.465 e. The summed E-state index contributed by atoms with van der Waals surface area (Å²) in [4.78, 5) is 23.6. The molecule has 0 radical (unpaired) electrons. The number of carbonyl (C=O) groups excluding carboxylic acids is 2. The second-order valence-electron chi connectivity index (χ2n) is 4.41. The fourth-order valence-electron chi connectivity index (χ4n) is 1.33. The lowest BCUT2D eigenvalue weighted by Gasteiger charge is -2.22. The molecule has 1 rings (SSSR count). The number of nitrogens with two attached hydrogens (primary N) is 1. The lowest BCUT2D eigenvalue weighted by Crippen LogP contribution is -2.48. The van der Waals surface area contributed by atoms with Crippen LogP contribution in [-0.2, 0) is 9.53 Å². The highest BCUT2D eigenvalue weighted by atomic mass is 35.5. The molecule has 0 heterocycles. The van der Waals surface area contributed by atoms with Crippen molar-refractivity contribution in [2.45, 2.75) is 25.8 Å². The SMILES string of the molecule is CCC(C)(N)C(=O)Nc1cc(Cl)ccc1C(=O)OC. The van der Waals surface area contributed by atoms with Crippen LogP contribution in [0.4, 0.5) is 5.69 Å². The number of anilines is 1. The zero-order valence-electron chi connectivity index (χ0n) is 11.1. The van der Waals surface area contributed by atoms with Crippen molar-refractivity contribution >= 4 is 29.2 Å². The van der Waals surface area contributed by atoms with Crippen LogP contribution in [-0.4, -0.2) is 24.5 Å². The van der Waals surface area contributed by atoms with Gasteiger partial charge in [0.05, 0.1) is 23.9 Å². The molecular formula is C13H17ClN2O3. The third kappa shape index (κ3) is 3.68. The molecular weight excluding hydrogens is 268 g/mol. The zero-order chi connectivity index (χ0) is 14.6. The number of ether oxygens (including phenoxy) is 1. The van der Waals surface area contributed by atoms with Gasteiger partial charge in [0.2, 0.25) is 5.91 Å². The zero-order valence-corrected chi connectivity index (χ0v) is 11.9. The molecule has 0 aliphatic heterocycles. The van der Waals surface area contributed by atoms with Crippen LogP contribution in [0.1, 0.15) is 30.6 Å². The number of halogens is 1. The highest BCUT2D eigenvalue weighted by Crippen LogP contribution is 2.23. The van der Waals surface area contributed by atoms with Crippen LogP contribution in [0.3, 0.4) is 0 Å². The summed E-state index contributed by atoms with van der Waals surface area (Å²) in [6, 6.07) is 4.52. The number of benzene rings is 1. The van der Waals surface area contributed by atoms with E-state index in [2.05, 4.69) is 10.1 Å². The summed E-state index contributed by atoms with van der Waals surface area (Å²) >= 11 is 5.86. The smallest absolute Gasteiger partial charge is 0.339 e. The molecule has 0 saturated carbocycles. The van der Waals surface area contributed by atoms with Crippen molar-refractivity contribution in [1.29, 1.82) is 0 Å². The van der Waals surface area contributed by atoms with Crippen LogP contribution < -0.4 is 11.1 Å². The van der Waals surface area contributed by atoms with Crippen LogP contribution >= 0.6 is 11.6 Å². The van der Waals surface area contributed by atoms with Gasteiger partial charge in [-0.05, 0) is 31.5 Å². The minimum atomic E-state index is -1.02. The molecule has 1 aromatic carbocycles. The van der Waals surface area contributed by atoms with Crippen molar-refractivity contribution in [3.8, 4) is 0 Å². The summed E-state index contributed by atoms with van der Waals surface area (Å²) in [5, 5.41) is 3.01. The van der Waals surface area contributed by atoms with E-state index in [0.717, 1.165) is 0 Å². The van der Waals surface area contributed by atoms with Gasteiger partial charge in [0.15, 0.2) is 0 Å². The molecule has 0 spiro atoms.